The van der Waals surface area contributed by atoms with Crippen molar-refractivity contribution in [3.63, 3.8) is 0 Å². The largest absolute Gasteiger partial charge is 0.478 e. The molecule has 0 aliphatic carbocycles. The molecule has 0 fully saturated rings. The SMILES string of the molecule is CCOCCOCC(=O)Nc1cccc(-n2ncc(C(=O)O)c2C)c1. The zero-order chi connectivity index (χ0) is 18.2. The van der Waals surface area contributed by atoms with Crippen molar-refractivity contribution in [3.05, 3.63) is 41.7 Å². The Kier molecular flexibility index (Phi) is 6.67. The number of rotatable bonds is 9. The average Bonchev–Trinajstić information content (AvgIpc) is 2.96. The van der Waals surface area contributed by atoms with Gasteiger partial charge in [0, 0.05) is 12.3 Å². The van der Waals surface area contributed by atoms with Crippen LogP contribution in [0.15, 0.2) is 30.5 Å². The van der Waals surface area contributed by atoms with Crippen molar-refractivity contribution in [3.8, 4) is 5.69 Å². The van der Waals surface area contributed by atoms with E-state index in [1.54, 1.807) is 31.2 Å². The normalized spacial score (nSPS) is 10.6. The number of hydrogen-bond acceptors (Lipinski definition) is 5. The van der Waals surface area contributed by atoms with Crippen LogP contribution in [0.5, 0.6) is 0 Å². The van der Waals surface area contributed by atoms with Crippen LogP contribution in [0.4, 0.5) is 5.69 Å². The van der Waals surface area contributed by atoms with Gasteiger partial charge in [-0.25, -0.2) is 9.48 Å². The number of amides is 1. The van der Waals surface area contributed by atoms with Gasteiger partial charge < -0.3 is 19.9 Å². The zero-order valence-electron chi connectivity index (χ0n) is 14.2. The van der Waals surface area contributed by atoms with Crippen LogP contribution in [0.25, 0.3) is 5.69 Å². The van der Waals surface area contributed by atoms with E-state index in [1.807, 2.05) is 6.92 Å². The second-order valence-electron chi connectivity index (χ2n) is 5.21. The standard InChI is InChI=1S/C17H21N3O5/c1-3-24-7-8-25-11-16(21)19-13-5-4-6-14(9-13)20-12(2)15(10-18-20)17(22)23/h4-6,9-10H,3,7-8,11H2,1-2H3,(H,19,21)(H,22,23). The van der Waals surface area contributed by atoms with Crippen LogP contribution in [-0.4, -0.2) is 53.2 Å². The van der Waals surface area contributed by atoms with Gasteiger partial charge in [-0.05, 0) is 32.0 Å². The number of benzene rings is 1. The molecule has 0 bridgehead atoms. The van der Waals surface area contributed by atoms with Crippen molar-refractivity contribution in [2.75, 3.05) is 31.7 Å². The number of anilines is 1. The molecule has 1 aromatic carbocycles. The molecule has 0 aliphatic rings. The number of hydrogen-bond donors (Lipinski definition) is 2. The quantitative estimate of drug-likeness (QED) is 0.671. The minimum absolute atomic E-state index is 0.0682. The van der Waals surface area contributed by atoms with E-state index in [4.69, 9.17) is 14.6 Å². The smallest absolute Gasteiger partial charge is 0.339 e. The number of ether oxygens (including phenoxy) is 2. The summed E-state index contributed by atoms with van der Waals surface area (Å²) in [5, 5.41) is 15.9. The van der Waals surface area contributed by atoms with Gasteiger partial charge in [-0.2, -0.15) is 5.10 Å². The van der Waals surface area contributed by atoms with Gasteiger partial charge in [0.15, 0.2) is 0 Å². The Morgan fingerprint density at radius 1 is 1.28 bits per heavy atom. The van der Waals surface area contributed by atoms with Crippen LogP contribution in [0.3, 0.4) is 0 Å². The van der Waals surface area contributed by atoms with Crippen LogP contribution in [0.1, 0.15) is 23.0 Å². The van der Waals surface area contributed by atoms with E-state index in [0.29, 0.717) is 36.9 Å². The molecule has 2 aromatic rings. The third kappa shape index (κ3) is 5.13. The highest BCUT2D eigenvalue weighted by Crippen LogP contribution is 2.18. The molecule has 25 heavy (non-hydrogen) atoms. The van der Waals surface area contributed by atoms with Gasteiger partial charge in [-0.3, -0.25) is 4.79 Å². The number of carboxylic acid groups (broad SMARTS) is 1. The number of nitrogens with one attached hydrogen (secondary N) is 1. The first-order valence-electron chi connectivity index (χ1n) is 7.86. The highest BCUT2D eigenvalue weighted by atomic mass is 16.5. The molecule has 0 aliphatic heterocycles. The second-order valence-corrected chi connectivity index (χ2v) is 5.21. The number of carbonyl (C=O) groups is 2. The van der Waals surface area contributed by atoms with E-state index in [2.05, 4.69) is 10.4 Å². The topological polar surface area (TPSA) is 103 Å². The van der Waals surface area contributed by atoms with Gasteiger partial charge in [0.2, 0.25) is 5.91 Å². The van der Waals surface area contributed by atoms with Gasteiger partial charge in [0.1, 0.15) is 12.2 Å². The maximum absolute atomic E-state index is 11.9. The number of nitrogens with zero attached hydrogens (tertiary/aromatic N) is 2. The van der Waals surface area contributed by atoms with Crippen LogP contribution in [-0.2, 0) is 14.3 Å². The molecule has 134 valence electrons. The molecule has 0 radical (unpaired) electrons. The Hall–Kier alpha value is -2.71. The number of carboxylic acids is 1. The molecular formula is C17H21N3O5. The summed E-state index contributed by atoms with van der Waals surface area (Å²) in [6.45, 7) is 4.91. The van der Waals surface area contributed by atoms with Gasteiger partial charge in [0.05, 0.1) is 30.8 Å². The second kappa shape index (κ2) is 8.95. The summed E-state index contributed by atoms with van der Waals surface area (Å²) < 4.78 is 11.8. The molecule has 0 saturated heterocycles. The maximum atomic E-state index is 11.9. The maximum Gasteiger partial charge on any atom is 0.339 e. The summed E-state index contributed by atoms with van der Waals surface area (Å²) in [5.74, 6) is -1.31. The van der Waals surface area contributed by atoms with Gasteiger partial charge in [-0.15, -0.1) is 0 Å². The summed E-state index contributed by atoms with van der Waals surface area (Å²) in [5.41, 5.74) is 1.87. The van der Waals surface area contributed by atoms with Crippen LogP contribution in [0.2, 0.25) is 0 Å². The van der Waals surface area contributed by atoms with E-state index < -0.39 is 5.97 Å². The first-order chi connectivity index (χ1) is 12.0. The molecule has 2 N–H and O–H groups in total. The highest BCUT2D eigenvalue weighted by Gasteiger charge is 2.14. The highest BCUT2D eigenvalue weighted by molar-refractivity contribution is 5.92. The summed E-state index contributed by atoms with van der Waals surface area (Å²) >= 11 is 0. The van der Waals surface area contributed by atoms with Gasteiger partial charge >= 0.3 is 5.97 Å². The van der Waals surface area contributed by atoms with Crippen molar-refractivity contribution in [1.29, 1.82) is 0 Å². The molecule has 0 unspecified atom stereocenters. The van der Waals surface area contributed by atoms with E-state index in [1.165, 1.54) is 10.9 Å². The summed E-state index contributed by atoms with van der Waals surface area (Å²) in [6, 6.07) is 6.98. The minimum Gasteiger partial charge on any atom is -0.478 e. The Bertz CT molecular complexity index is 742. The predicted octanol–water partition coefficient (Wildman–Crippen LogP) is 1.87. The fraction of sp³-hybridized carbons (Fsp3) is 0.353. The molecule has 2 rings (SSSR count). The first kappa shape index (κ1) is 18.6. The molecule has 1 heterocycles. The van der Waals surface area contributed by atoms with Crippen LogP contribution < -0.4 is 5.32 Å². The molecule has 0 spiro atoms. The summed E-state index contributed by atoms with van der Waals surface area (Å²) in [6.07, 6.45) is 1.30. The Morgan fingerprint density at radius 2 is 2.04 bits per heavy atom. The monoisotopic (exact) mass is 347 g/mol. The molecule has 0 saturated carbocycles. The number of aromatic nitrogens is 2. The molecule has 1 amide bonds. The van der Waals surface area contributed by atoms with Gasteiger partial charge in [0.25, 0.3) is 0 Å². The molecule has 0 atom stereocenters. The Morgan fingerprint density at radius 3 is 2.72 bits per heavy atom. The molecule has 1 aromatic heterocycles. The lowest BCUT2D eigenvalue weighted by Crippen LogP contribution is -2.20. The van der Waals surface area contributed by atoms with Crippen molar-refractivity contribution >= 4 is 17.6 Å². The molecular weight excluding hydrogens is 326 g/mol. The lowest BCUT2D eigenvalue weighted by atomic mass is 10.2. The van der Waals surface area contributed by atoms with Crippen molar-refractivity contribution in [2.45, 2.75) is 13.8 Å². The van der Waals surface area contributed by atoms with Crippen LogP contribution >= 0.6 is 0 Å². The lowest BCUT2D eigenvalue weighted by molar-refractivity contribution is -0.121. The Labute approximate surface area is 145 Å². The predicted molar refractivity (Wildman–Crippen MR) is 91.2 cm³/mol. The van der Waals surface area contributed by atoms with Crippen molar-refractivity contribution < 1.29 is 24.2 Å². The third-order valence-electron chi connectivity index (χ3n) is 3.42. The van der Waals surface area contributed by atoms with E-state index in [-0.39, 0.29) is 18.1 Å². The third-order valence-corrected chi connectivity index (χ3v) is 3.42. The molecule has 8 nitrogen and oxygen atoms in total. The average molecular weight is 347 g/mol. The number of aromatic carboxylic acids is 1. The van der Waals surface area contributed by atoms with Crippen molar-refractivity contribution in [1.82, 2.24) is 9.78 Å². The Balaban J connectivity index is 1.99. The van der Waals surface area contributed by atoms with Crippen LogP contribution in [0, 0.1) is 6.92 Å². The summed E-state index contributed by atoms with van der Waals surface area (Å²) in [4.78, 5) is 23.0. The fourth-order valence-corrected chi connectivity index (χ4v) is 2.22. The fourth-order valence-electron chi connectivity index (χ4n) is 2.22. The van der Waals surface area contributed by atoms with E-state index >= 15 is 0 Å². The first-order valence-corrected chi connectivity index (χ1v) is 7.86. The van der Waals surface area contributed by atoms with E-state index in [0.717, 1.165) is 0 Å². The van der Waals surface area contributed by atoms with Crippen molar-refractivity contribution in [2.24, 2.45) is 0 Å². The summed E-state index contributed by atoms with van der Waals surface area (Å²) in [7, 11) is 0. The lowest BCUT2D eigenvalue weighted by Gasteiger charge is -2.09. The molecule has 8 heteroatoms. The zero-order valence-corrected chi connectivity index (χ0v) is 14.2. The number of carbonyl (C=O) groups excluding carboxylic acids is 1. The van der Waals surface area contributed by atoms with E-state index in [9.17, 15) is 9.59 Å². The van der Waals surface area contributed by atoms with Gasteiger partial charge in [-0.1, -0.05) is 6.07 Å². The minimum atomic E-state index is -1.03.